The zero-order chi connectivity index (χ0) is 15.4. The van der Waals surface area contributed by atoms with Crippen molar-refractivity contribution in [3.05, 3.63) is 57.6 Å². The summed E-state index contributed by atoms with van der Waals surface area (Å²) in [5.74, 6) is 0.918. The van der Waals surface area contributed by atoms with Crippen LogP contribution in [-0.4, -0.2) is 12.6 Å². The van der Waals surface area contributed by atoms with Crippen molar-refractivity contribution in [3.8, 4) is 5.75 Å². The Bertz CT molecular complexity index is 628. The maximum Gasteiger partial charge on any atom is 0.122 e. The number of ether oxygens (including phenoxy) is 1. The first-order valence-corrected chi connectivity index (χ1v) is 7.64. The molecule has 2 nitrogen and oxygen atoms in total. The van der Waals surface area contributed by atoms with Gasteiger partial charge >= 0.3 is 0 Å². The van der Waals surface area contributed by atoms with E-state index in [9.17, 15) is 0 Å². The van der Waals surface area contributed by atoms with Gasteiger partial charge in [-0.15, -0.1) is 0 Å². The van der Waals surface area contributed by atoms with Crippen molar-refractivity contribution in [1.29, 1.82) is 0 Å². The van der Waals surface area contributed by atoms with Crippen molar-refractivity contribution >= 4 is 28.9 Å². The van der Waals surface area contributed by atoms with Gasteiger partial charge in [-0.3, -0.25) is 0 Å². The number of hydrogen-bond donors (Lipinski definition) is 1. The summed E-state index contributed by atoms with van der Waals surface area (Å²) < 4.78 is 5.98. The van der Waals surface area contributed by atoms with Gasteiger partial charge in [0.05, 0.1) is 17.3 Å². The Kier molecular flexibility index (Phi) is 5.38. The molecule has 1 N–H and O–H groups in total. The van der Waals surface area contributed by atoms with Crippen LogP contribution in [0.5, 0.6) is 5.75 Å². The molecule has 2 rings (SSSR count). The minimum Gasteiger partial charge on any atom is -0.489 e. The third kappa shape index (κ3) is 4.55. The highest BCUT2D eigenvalue weighted by molar-refractivity contribution is 6.35. The molecule has 0 heterocycles. The van der Waals surface area contributed by atoms with Crippen molar-refractivity contribution in [3.63, 3.8) is 0 Å². The Hall–Kier alpha value is -1.38. The molecule has 0 aliphatic carbocycles. The standard InChI is InChI=1S/C17H19Cl2NO/c1-11-4-5-12(2)17(8-11)21-13(3)10-20-16-9-14(18)6-7-15(16)19/h4-9,13,20H,10H2,1-3H3/t13-/m1/s1. The van der Waals surface area contributed by atoms with Crippen LogP contribution in [-0.2, 0) is 0 Å². The monoisotopic (exact) mass is 323 g/mol. The summed E-state index contributed by atoms with van der Waals surface area (Å²) in [6.45, 7) is 6.77. The molecule has 0 bridgehead atoms. The molecule has 2 aromatic rings. The Balaban J connectivity index is 1.97. The summed E-state index contributed by atoms with van der Waals surface area (Å²) in [5, 5.41) is 4.58. The van der Waals surface area contributed by atoms with Crippen LogP contribution in [0.15, 0.2) is 36.4 Å². The van der Waals surface area contributed by atoms with Gasteiger partial charge in [0, 0.05) is 5.02 Å². The SMILES string of the molecule is Cc1ccc(C)c(O[C@H](C)CNc2cc(Cl)ccc2Cl)c1. The summed E-state index contributed by atoms with van der Waals surface area (Å²) in [6, 6.07) is 11.6. The molecule has 0 saturated carbocycles. The van der Waals surface area contributed by atoms with Crippen LogP contribution in [0.4, 0.5) is 5.69 Å². The first kappa shape index (κ1) is 16.0. The van der Waals surface area contributed by atoms with Crippen LogP contribution in [0, 0.1) is 13.8 Å². The van der Waals surface area contributed by atoms with E-state index in [-0.39, 0.29) is 6.10 Å². The molecule has 112 valence electrons. The smallest absolute Gasteiger partial charge is 0.122 e. The third-order valence-electron chi connectivity index (χ3n) is 3.18. The fourth-order valence-electron chi connectivity index (χ4n) is 1.98. The molecule has 0 spiro atoms. The molecular weight excluding hydrogens is 305 g/mol. The van der Waals surface area contributed by atoms with Crippen molar-refractivity contribution in [2.75, 3.05) is 11.9 Å². The molecule has 0 radical (unpaired) electrons. The minimum atomic E-state index is 0.0144. The van der Waals surface area contributed by atoms with Gasteiger partial charge in [0.1, 0.15) is 11.9 Å². The largest absolute Gasteiger partial charge is 0.489 e. The summed E-state index contributed by atoms with van der Waals surface area (Å²) in [4.78, 5) is 0. The second kappa shape index (κ2) is 7.06. The minimum absolute atomic E-state index is 0.0144. The second-order valence-corrected chi connectivity index (χ2v) is 6.05. The lowest BCUT2D eigenvalue weighted by Gasteiger charge is -2.18. The summed E-state index contributed by atoms with van der Waals surface area (Å²) in [5.41, 5.74) is 3.14. The molecule has 0 aromatic heterocycles. The van der Waals surface area contributed by atoms with Gasteiger partial charge in [0.2, 0.25) is 0 Å². The molecule has 0 saturated heterocycles. The van der Waals surface area contributed by atoms with Gasteiger partial charge in [-0.25, -0.2) is 0 Å². The summed E-state index contributed by atoms with van der Waals surface area (Å²) in [7, 11) is 0. The average Bonchev–Trinajstić information content (AvgIpc) is 2.44. The van der Waals surface area contributed by atoms with Gasteiger partial charge in [0.25, 0.3) is 0 Å². The highest BCUT2D eigenvalue weighted by atomic mass is 35.5. The maximum atomic E-state index is 6.12. The summed E-state index contributed by atoms with van der Waals surface area (Å²) >= 11 is 12.1. The van der Waals surface area contributed by atoms with E-state index in [1.165, 1.54) is 5.56 Å². The normalized spacial score (nSPS) is 12.0. The molecule has 2 aromatic carbocycles. The number of nitrogens with one attached hydrogen (secondary N) is 1. The van der Waals surface area contributed by atoms with Crippen LogP contribution >= 0.6 is 23.2 Å². The average molecular weight is 324 g/mol. The number of hydrogen-bond acceptors (Lipinski definition) is 2. The number of aryl methyl sites for hydroxylation is 2. The number of benzene rings is 2. The lowest BCUT2D eigenvalue weighted by atomic mass is 10.1. The quantitative estimate of drug-likeness (QED) is 0.785. The van der Waals surface area contributed by atoms with E-state index >= 15 is 0 Å². The Morgan fingerprint density at radius 3 is 2.62 bits per heavy atom. The Morgan fingerprint density at radius 2 is 1.86 bits per heavy atom. The van der Waals surface area contributed by atoms with E-state index in [4.69, 9.17) is 27.9 Å². The number of rotatable bonds is 5. The lowest BCUT2D eigenvalue weighted by Crippen LogP contribution is -2.23. The number of anilines is 1. The van der Waals surface area contributed by atoms with Crippen LogP contribution in [0.1, 0.15) is 18.1 Å². The van der Waals surface area contributed by atoms with Crippen molar-refractivity contribution < 1.29 is 4.74 Å². The molecule has 0 unspecified atom stereocenters. The second-order valence-electron chi connectivity index (χ2n) is 5.20. The molecule has 0 aliphatic heterocycles. The first-order chi connectivity index (χ1) is 9.95. The van der Waals surface area contributed by atoms with E-state index in [1.54, 1.807) is 12.1 Å². The van der Waals surface area contributed by atoms with E-state index in [0.29, 0.717) is 16.6 Å². The van der Waals surface area contributed by atoms with Gasteiger partial charge in [-0.2, -0.15) is 0 Å². The predicted octanol–water partition coefficient (Wildman–Crippen LogP) is 5.49. The van der Waals surface area contributed by atoms with Crippen LogP contribution in [0.25, 0.3) is 0 Å². The third-order valence-corrected chi connectivity index (χ3v) is 3.74. The van der Waals surface area contributed by atoms with Crippen LogP contribution < -0.4 is 10.1 Å². The van der Waals surface area contributed by atoms with E-state index in [2.05, 4.69) is 30.4 Å². The predicted molar refractivity (Wildman–Crippen MR) is 91.0 cm³/mol. The summed E-state index contributed by atoms with van der Waals surface area (Å²) in [6.07, 6.45) is 0.0144. The molecule has 1 atom stereocenters. The molecule has 0 aliphatic rings. The van der Waals surface area contributed by atoms with Gasteiger partial charge in [0.15, 0.2) is 0 Å². The maximum absolute atomic E-state index is 6.12. The molecule has 4 heteroatoms. The van der Waals surface area contributed by atoms with E-state index in [1.807, 2.05) is 19.9 Å². The fraction of sp³-hybridized carbons (Fsp3) is 0.294. The van der Waals surface area contributed by atoms with Crippen molar-refractivity contribution in [1.82, 2.24) is 0 Å². The topological polar surface area (TPSA) is 21.3 Å². The van der Waals surface area contributed by atoms with Crippen LogP contribution in [0.2, 0.25) is 10.0 Å². The highest BCUT2D eigenvalue weighted by Crippen LogP contribution is 2.26. The van der Waals surface area contributed by atoms with Crippen molar-refractivity contribution in [2.24, 2.45) is 0 Å². The van der Waals surface area contributed by atoms with E-state index in [0.717, 1.165) is 17.0 Å². The Morgan fingerprint density at radius 1 is 1.10 bits per heavy atom. The molecule has 0 amide bonds. The van der Waals surface area contributed by atoms with Gasteiger partial charge in [-0.1, -0.05) is 35.3 Å². The fourth-order valence-corrected chi connectivity index (χ4v) is 2.34. The van der Waals surface area contributed by atoms with Gasteiger partial charge < -0.3 is 10.1 Å². The number of halogens is 2. The molecule has 21 heavy (non-hydrogen) atoms. The van der Waals surface area contributed by atoms with Crippen molar-refractivity contribution in [2.45, 2.75) is 26.9 Å². The lowest BCUT2D eigenvalue weighted by molar-refractivity contribution is 0.233. The van der Waals surface area contributed by atoms with E-state index < -0.39 is 0 Å². The molecular formula is C17H19Cl2NO. The van der Waals surface area contributed by atoms with Gasteiger partial charge in [-0.05, 0) is 56.2 Å². The Labute approximate surface area is 136 Å². The highest BCUT2D eigenvalue weighted by Gasteiger charge is 2.08. The zero-order valence-electron chi connectivity index (χ0n) is 12.4. The zero-order valence-corrected chi connectivity index (χ0v) is 13.9. The molecule has 0 fully saturated rings. The first-order valence-electron chi connectivity index (χ1n) is 6.88. The van der Waals surface area contributed by atoms with Crippen LogP contribution in [0.3, 0.4) is 0 Å².